The Morgan fingerprint density at radius 2 is 2.53 bits per heavy atom. The second-order valence-corrected chi connectivity index (χ2v) is 4.08. The minimum Gasteiger partial charge on any atom is -0.481 e. The molecule has 5 nitrogen and oxygen atoms in total. The fourth-order valence-corrected chi connectivity index (χ4v) is 1.86. The number of amides is 1. The molecule has 1 saturated heterocycles. The van der Waals surface area contributed by atoms with Gasteiger partial charge in [0.25, 0.3) is 0 Å². The Morgan fingerprint density at radius 1 is 1.65 bits per heavy atom. The lowest BCUT2D eigenvalue weighted by Crippen LogP contribution is -2.40. The van der Waals surface area contributed by atoms with E-state index in [1.165, 1.54) is 0 Å². The molecule has 0 radical (unpaired) electrons. The van der Waals surface area contributed by atoms with E-state index in [9.17, 15) is 4.79 Å². The average molecular weight is 235 g/mol. The normalized spacial score (nSPS) is 19.0. The predicted octanol–water partition coefficient (Wildman–Crippen LogP) is 0.458. The van der Waals surface area contributed by atoms with Gasteiger partial charge in [-0.3, -0.25) is 4.79 Å². The Hall–Kier alpha value is -1.62. The van der Waals surface area contributed by atoms with Gasteiger partial charge in [-0.05, 0) is 24.9 Å². The molecule has 2 N–H and O–H groups in total. The van der Waals surface area contributed by atoms with Crippen LogP contribution in [0.3, 0.4) is 0 Å². The van der Waals surface area contributed by atoms with Gasteiger partial charge in [0.05, 0.1) is 13.2 Å². The molecule has 0 aliphatic carbocycles. The zero-order chi connectivity index (χ0) is 12.1. The standard InChI is InChI=1S/C12H17N3O2/c1-17-11-5-4-9(7-14-11)8-15-12(16)10-3-2-6-13-10/h4-5,7,10,13H,2-3,6,8H2,1H3,(H,15,16)/t10-/m0/s1. The van der Waals surface area contributed by atoms with Crippen molar-refractivity contribution in [1.82, 2.24) is 15.6 Å². The molecule has 1 aliphatic heterocycles. The highest BCUT2D eigenvalue weighted by Gasteiger charge is 2.21. The van der Waals surface area contributed by atoms with Crippen LogP contribution >= 0.6 is 0 Å². The van der Waals surface area contributed by atoms with Crippen molar-refractivity contribution in [2.75, 3.05) is 13.7 Å². The van der Waals surface area contributed by atoms with Crippen molar-refractivity contribution in [1.29, 1.82) is 0 Å². The topological polar surface area (TPSA) is 63.2 Å². The molecule has 0 unspecified atom stereocenters. The summed E-state index contributed by atoms with van der Waals surface area (Å²) in [6, 6.07) is 3.66. The van der Waals surface area contributed by atoms with Gasteiger partial charge in [0.2, 0.25) is 11.8 Å². The second kappa shape index (κ2) is 5.63. The molecule has 17 heavy (non-hydrogen) atoms. The molecule has 0 bridgehead atoms. The fourth-order valence-electron chi connectivity index (χ4n) is 1.86. The zero-order valence-electron chi connectivity index (χ0n) is 9.90. The molecule has 1 aliphatic rings. The number of hydrogen-bond acceptors (Lipinski definition) is 4. The minimum atomic E-state index is -0.0267. The summed E-state index contributed by atoms with van der Waals surface area (Å²) >= 11 is 0. The molecule has 2 heterocycles. The molecule has 1 fully saturated rings. The van der Waals surface area contributed by atoms with Crippen LogP contribution in [-0.2, 0) is 11.3 Å². The molecule has 0 spiro atoms. The maximum atomic E-state index is 11.7. The third kappa shape index (κ3) is 3.17. The van der Waals surface area contributed by atoms with Crippen molar-refractivity contribution in [2.45, 2.75) is 25.4 Å². The number of ether oxygens (including phenoxy) is 1. The summed E-state index contributed by atoms with van der Waals surface area (Å²) in [5, 5.41) is 6.06. The van der Waals surface area contributed by atoms with E-state index in [-0.39, 0.29) is 11.9 Å². The average Bonchev–Trinajstić information content (AvgIpc) is 2.90. The highest BCUT2D eigenvalue weighted by atomic mass is 16.5. The summed E-state index contributed by atoms with van der Waals surface area (Å²) in [4.78, 5) is 15.8. The van der Waals surface area contributed by atoms with E-state index in [4.69, 9.17) is 4.74 Å². The Balaban J connectivity index is 1.82. The third-order valence-electron chi connectivity index (χ3n) is 2.85. The fraction of sp³-hybridized carbons (Fsp3) is 0.500. The van der Waals surface area contributed by atoms with E-state index in [1.807, 2.05) is 6.07 Å². The molecular weight excluding hydrogens is 218 g/mol. The molecule has 5 heteroatoms. The smallest absolute Gasteiger partial charge is 0.237 e. The van der Waals surface area contributed by atoms with Gasteiger partial charge in [-0.1, -0.05) is 6.07 Å². The third-order valence-corrected chi connectivity index (χ3v) is 2.85. The predicted molar refractivity (Wildman–Crippen MR) is 63.7 cm³/mol. The van der Waals surface area contributed by atoms with E-state index in [1.54, 1.807) is 19.4 Å². The summed E-state index contributed by atoms with van der Waals surface area (Å²) in [7, 11) is 1.58. The molecule has 92 valence electrons. The molecule has 1 aromatic rings. The van der Waals surface area contributed by atoms with Crippen molar-refractivity contribution < 1.29 is 9.53 Å². The first-order valence-electron chi connectivity index (χ1n) is 5.79. The van der Waals surface area contributed by atoms with E-state index in [0.29, 0.717) is 12.4 Å². The van der Waals surface area contributed by atoms with Crippen molar-refractivity contribution in [3.05, 3.63) is 23.9 Å². The van der Waals surface area contributed by atoms with Gasteiger partial charge in [0.1, 0.15) is 0 Å². The maximum Gasteiger partial charge on any atom is 0.237 e. The SMILES string of the molecule is COc1ccc(CNC(=O)[C@@H]2CCCN2)cn1. The summed E-state index contributed by atoms with van der Waals surface area (Å²) in [5.41, 5.74) is 0.970. The van der Waals surface area contributed by atoms with Crippen LogP contribution in [0.2, 0.25) is 0 Å². The highest BCUT2D eigenvalue weighted by Crippen LogP contribution is 2.07. The first-order valence-corrected chi connectivity index (χ1v) is 5.79. The van der Waals surface area contributed by atoms with Gasteiger partial charge in [-0.2, -0.15) is 0 Å². The number of hydrogen-bond donors (Lipinski definition) is 2. The monoisotopic (exact) mass is 235 g/mol. The van der Waals surface area contributed by atoms with Gasteiger partial charge in [-0.25, -0.2) is 4.98 Å². The quantitative estimate of drug-likeness (QED) is 0.795. The van der Waals surface area contributed by atoms with Crippen molar-refractivity contribution in [3.8, 4) is 5.88 Å². The number of carbonyl (C=O) groups is 1. The Labute approximate surface area is 101 Å². The van der Waals surface area contributed by atoms with E-state index >= 15 is 0 Å². The van der Waals surface area contributed by atoms with Crippen LogP contribution in [0.15, 0.2) is 18.3 Å². The summed E-state index contributed by atoms with van der Waals surface area (Å²) in [5.74, 6) is 0.649. The first kappa shape index (κ1) is 11.9. The van der Waals surface area contributed by atoms with Gasteiger partial charge in [0, 0.05) is 18.8 Å². The second-order valence-electron chi connectivity index (χ2n) is 4.08. The first-order chi connectivity index (χ1) is 8.29. The largest absolute Gasteiger partial charge is 0.481 e. The lowest BCUT2D eigenvalue weighted by atomic mass is 10.2. The summed E-state index contributed by atoms with van der Waals surface area (Å²) in [6.07, 6.45) is 3.70. The molecule has 1 aromatic heterocycles. The van der Waals surface area contributed by atoms with Crippen LogP contribution in [0.4, 0.5) is 0 Å². The number of aromatic nitrogens is 1. The molecule has 1 atom stereocenters. The number of methoxy groups -OCH3 is 1. The van der Waals surface area contributed by atoms with Gasteiger partial charge >= 0.3 is 0 Å². The van der Waals surface area contributed by atoms with Crippen LogP contribution in [-0.4, -0.2) is 30.6 Å². The Morgan fingerprint density at radius 3 is 3.12 bits per heavy atom. The summed E-state index contributed by atoms with van der Waals surface area (Å²) < 4.78 is 4.97. The molecule has 2 rings (SSSR count). The van der Waals surface area contributed by atoms with Gasteiger partial charge in [-0.15, -0.1) is 0 Å². The van der Waals surface area contributed by atoms with Gasteiger partial charge in [0.15, 0.2) is 0 Å². The maximum absolute atomic E-state index is 11.7. The zero-order valence-corrected chi connectivity index (χ0v) is 9.90. The van der Waals surface area contributed by atoms with E-state index < -0.39 is 0 Å². The van der Waals surface area contributed by atoms with Crippen LogP contribution < -0.4 is 15.4 Å². The van der Waals surface area contributed by atoms with Crippen LogP contribution in [0, 0.1) is 0 Å². The lowest BCUT2D eigenvalue weighted by molar-refractivity contribution is -0.122. The number of rotatable bonds is 4. The van der Waals surface area contributed by atoms with Crippen LogP contribution in [0.1, 0.15) is 18.4 Å². The van der Waals surface area contributed by atoms with Crippen LogP contribution in [0.5, 0.6) is 5.88 Å². The molecular formula is C12H17N3O2. The Kier molecular flexibility index (Phi) is 3.93. The van der Waals surface area contributed by atoms with Gasteiger partial charge < -0.3 is 15.4 Å². The van der Waals surface area contributed by atoms with Crippen LogP contribution in [0.25, 0.3) is 0 Å². The number of pyridine rings is 1. The lowest BCUT2D eigenvalue weighted by Gasteiger charge is -2.10. The number of nitrogens with zero attached hydrogens (tertiary/aromatic N) is 1. The molecule has 0 saturated carbocycles. The number of nitrogens with one attached hydrogen (secondary N) is 2. The van der Waals surface area contributed by atoms with Crippen molar-refractivity contribution in [3.63, 3.8) is 0 Å². The van der Waals surface area contributed by atoms with E-state index in [2.05, 4.69) is 15.6 Å². The summed E-state index contributed by atoms with van der Waals surface area (Å²) in [6.45, 7) is 1.44. The minimum absolute atomic E-state index is 0.0267. The molecule has 1 amide bonds. The number of carbonyl (C=O) groups excluding carboxylic acids is 1. The van der Waals surface area contributed by atoms with Crippen molar-refractivity contribution >= 4 is 5.91 Å². The highest BCUT2D eigenvalue weighted by molar-refractivity contribution is 5.81. The Bertz CT molecular complexity index is 372. The molecule has 0 aromatic carbocycles. The van der Waals surface area contributed by atoms with Crippen molar-refractivity contribution in [2.24, 2.45) is 0 Å². The van der Waals surface area contributed by atoms with E-state index in [0.717, 1.165) is 24.9 Å².